The monoisotopic (exact) mass is 274 g/mol. The molecule has 0 fully saturated rings. The molecule has 6 heteroatoms. The van der Waals surface area contributed by atoms with Crippen molar-refractivity contribution in [1.82, 2.24) is 10.3 Å². The van der Waals surface area contributed by atoms with E-state index >= 15 is 0 Å². The Kier molecular flexibility index (Phi) is 4.05. The van der Waals surface area contributed by atoms with Gasteiger partial charge in [-0.3, -0.25) is 4.79 Å². The van der Waals surface area contributed by atoms with Crippen molar-refractivity contribution in [1.29, 1.82) is 0 Å². The number of carboxylic acid groups (broad SMARTS) is 1. The Hall–Kier alpha value is -2.76. The maximum Gasteiger partial charge on any atom is 0.354 e. The predicted molar refractivity (Wildman–Crippen MR) is 68.8 cm³/mol. The van der Waals surface area contributed by atoms with Gasteiger partial charge < -0.3 is 10.4 Å². The van der Waals surface area contributed by atoms with Crippen LogP contribution < -0.4 is 5.32 Å². The van der Waals surface area contributed by atoms with Gasteiger partial charge in [0.25, 0.3) is 5.91 Å². The second-order valence-electron chi connectivity index (χ2n) is 4.01. The summed E-state index contributed by atoms with van der Waals surface area (Å²) in [5, 5.41) is 11.3. The normalized spacial score (nSPS) is 10.1. The molecule has 102 valence electrons. The molecule has 20 heavy (non-hydrogen) atoms. The molecule has 1 amide bonds. The summed E-state index contributed by atoms with van der Waals surface area (Å²) in [6, 6.07) is 8.64. The van der Waals surface area contributed by atoms with Crippen LogP contribution >= 0.6 is 0 Å². The highest BCUT2D eigenvalue weighted by atomic mass is 19.1. The number of hydrogen-bond donors (Lipinski definition) is 2. The van der Waals surface area contributed by atoms with Crippen molar-refractivity contribution in [3.05, 3.63) is 65.2 Å². The highest BCUT2D eigenvalue weighted by molar-refractivity contribution is 5.96. The Morgan fingerprint density at radius 3 is 2.70 bits per heavy atom. The molecule has 0 radical (unpaired) electrons. The molecular weight excluding hydrogens is 263 g/mol. The number of carbonyl (C=O) groups is 2. The van der Waals surface area contributed by atoms with E-state index < -0.39 is 17.7 Å². The largest absolute Gasteiger partial charge is 0.477 e. The molecule has 0 unspecified atom stereocenters. The summed E-state index contributed by atoms with van der Waals surface area (Å²) < 4.78 is 13.4. The van der Waals surface area contributed by atoms with Crippen LogP contribution in [0.4, 0.5) is 4.39 Å². The summed E-state index contributed by atoms with van der Waals surface area (Å²) in [7, 11) is 0. The molecule has 0 spiro atoms. The number of hydrogen-bond acceptors (Lipinski definition) is 3. The van der Waals surface area contributed by atoms with Crippen molar-refractivity contribution in [2.45, 2.75) is 6.54 Å². The average Bonchev–Trinajstić information content (AvgIpc) is 2.46. The Morgan fingerprint density at radius 1 is 1.25 bits per heavy atom. The van der Waals surface area contributed by atoms with Gasteiger partial charge in [0.05, 0.1) is 0 Å². The third kappa shape index (κ3) is 3.17. The summed E-state index contributed by atoms with van der Waals surface area (Å²) in [6.07, 6.45) is 1.24. The van der Waals surface area contributed by atoms with Crippen LogP contribution in [0, 0.1) is 5.82 Å². The molecule has 1 heterocycles. The Morgan fingerprint density at radius 2 is 2.00 bits per heavy atom. The number of rotatable bonds is 4. The van der Waals surface area contributed by atoms with Crippen LogP contribution in [0.25, 0.3) is 0 Å². The van der Waals surface area contributed by atoms with E-state index in [-0.39, 0.29) is 17.8 Å². The lowest BCUT2D eigenvalue weighted by atomic mass is 10.2. The first-order chi connectivity index (χ1) is 9.58. The molecule has 1 aromatic heterocycles. The number of aromatic carboxylic acids is 1. The number of amides is 1. The first kappa shape index (κ1) is 13.7. The van der Waals surface area contributed by atoms with Gasteiger partial charge in [0, 0.05) is 23.9 Å². The number of carbonyl (C=O) groups excluding carboxylic acids is 1. The number of nitrogens with one attached hydrogen (secondary N) is 1. The highest BCUT2D eigenvalue weighted by Gasteiger charge is 2.11. The molecule has 2 rings (SSSR count). The molecule has 2 aromatic rings. The van der Waals surface area contributed by atoms with Crippen LogP contribution in [0.1, 0.15) is 26.4 Å². The van der Waals surface area contributed by atoms with Gasteiger partial charge in [-0.25, -0.2) is 14.2 Å². The van der Waals surface area contributed by atoms with Crippen LogP contribution in [0.2, 0.25) is 0 Å². The molecule has 0 bridgehead atoms. The fourth-order valence-corrected chi connectivity index (χ4v) is 1.61. The highest BCUT2D eigenvalue weighted by Crippen LogP contribution is 2.07. The van der Waals surface area contributed by atoms with Gasteiger partial charge in [-0.05, 0) is 18.2 Å². The molecule has 0 atom stereocenters. The Bertz CT molecular complexity index is 658. The third-order valence-corrected chi connectivity index (χ3v) is 2.64. The van der Waals surface area contributed by atoms with Crippen molar-refractivity contribution in [3.63, 3.8) is 0 Å². The SMILES string of the molecule is O=C(NCc1ccccc1F)c1ccnc(C(=O)O)c1. The average molecular weight is 274 g/mol. The van der Waals surface area contributed by atoms with Gasteiger partial charge >= 0.3 is 5.97 Å². The first-order valence-electron chi connectivity index (χ1n) is 5.79. The molecule has 0 aliphatic heterocycles. The minimum absolute atomic E-state index is 0.0240. The van der Waals surface area contributed by atoms with Crippen molar-refractivity contribution in [3.8, 4) is 0 Å². The van der Waals surface area contributed by atoms with Gasteiger partial charge in [-0.2, -0.15) is 0 Å². The number of carboxylic acids is 1. The number of benzene rings is 1. The zero-order valence-electron chi connectivity index (χ0n) is 10.3. The van der Waals surface area contributed by atoms with Crippen LogP contribution in [-0.2, 0) is 6.54 Å². The summed E-state index contributed by atoms with van der Waals surface area (Å²) in [4.78, 5) is 26.2. The first-order valence-corrected chi connectivity index (χ1v) is 5.79. The predicted octanol–water partition coefficient (Wildman–Crippen LogP) is 1.85. The fraction of sp³-hybridized carbons (Fsp3) is 0.0714. The van der Waals surface area contributed by atoms with Gasteiger partial charge in [0.15, 0.2) is 0 Å². The zero-order chi connectivity index (χ0) is 14.5. The molecule has 2 N–H and O–H groups in total. The van der Waals surface area contributed by atoms with E-state index in [0.717, 1.165) is 0 Å². The fourth-order valence-electron chi connectivity index (χ4n) is 1.61. The van der Waals surface area contributed by atoms with E-state index in [1.807, 2.05) is 0 Å². The minimum atomic E-state index is -1.21. The molecule has 0 saturated carbocycles. The van der Waals surface area contributed by atoms with Gasteiger partial charge in [0.1, 0.15) is 11.5 Å². The van der Waals surface area contributed by atoms with E-state index in [0.29, 0.717) is 5.56 Å². The van der Waals surface area contributed by atoms with E-state index in [1.54, 1.807) is 18.2 Å². The topological polar surface area (TPSA) is 79.3 Å². The van der Waals surface area contributed by atoms with E-state index in [9.17, 15) is 14.0 Å². The summed E-state index contributed by atoms with van der Waals surface area (Å²) in [6.45, 7) is 0.0240. The zero-order valence-corrected chi connectivity index (χ0v) is 10.3. The third-order valence-electron chi connectivity index (χ3n) is 2.64. The van der Waals surface area contributed by atoms with E-state index in [4.69, 9.17) is 5.11 Å². The van der Waals surface area contributed by atoms with Crippen LogP contribution in [0.5, 0.6) is 0 Å². The van der Waals surface area contributed by atoms with Crippen molar-refractivity contribution >= 4 is 11.9 Å². The van der Waals surface area contributed by atoms with Crippen molar-refractivity contribution in [2.24, 2.45) is 0 Å². The number of nitrogens with zero attached hydrogens (tertiary/aromatic N) is 1. The minimum Gasteiger partial charge on any atom is -0.477 e. The van der Waals surface area contributed by atoms with E-state index in [2.05, 4.69) is 10.3 Å². The van der Waals surface area contributed by atoms with E-state index in [1.165, 1.54) is 24.4 Å². The number of aromatic nitrogens is 1. The Labute approximate surface area is 114 Å². The number of halogens is 1. The van der Waals surface area contributed by atoms with Gasteiger partial charge in [-0.1, -0.05) is 18.2 Å². The summed E-state index contributed by atoms with van der Waals surface area (Å²) in [5.74, 6) is -2.11. The maximum absolute atomic E-state index is 13.4. The standard InChI is InChI=1S/C14H11FN2O3/c15-11-4-2-1-3-10(11)8-17-13(18)9-5-6-16-12(7-9)14(19)20/h1-7H,8H2,(H,17,18)(H,19,20). The van der Waals surface area contributed by atoms with Gasteiger partial charge in [0.2, 0.25) is 0 Å². The molecule has 0 aliphatic rings. The lowest BCUT2D eigenvalue weighted by molar-refractivity contribution is 0.0690. The summed E-state index contributed by atoms with van der Waals surface area (Å²) >= 11 is 0. The lowest BCUT2D eigenvalue weighted by Crippen LogP contribution is -2.23. The summed E-state index contributed by atoms with van der Waals surface area (Å²) in [5.41, 5.74) is 0.297. The quantitative estimate of drug-likeness (QED) is 0.891. The second-order valence-corrected chi connectivity index (χ2v) is 4.01. The molecule has 0 aliphatic carbocycles. The Balaban J connectivity index is 2.07. The van der Waals surface area contributed by atoms with Crippen LogP contribution in [0.3, 0.4) is 0 Å². The lowest BCUT2D eigenvalue weighted by Gasteiger charge is -2.06. The van der Waals surface area contributed by atoms with Crippen LogP contribution in [-0.4, -0.2) is 22.0 Å². The van der Waals surface area contributed by atoms with Gasteiger partial charge in [-0.15, -0.1) is 0 Å². The van der Waals surface area contributed by atoms with Crippen molar-refractivity contribution < 1.29 is 19.1 Å². The smallest absolute Gasteiger partial charge is 0.354 e. The van der Waals surface area contributed by atoms with Crippen LogP contribution in [0.15, 0.2) is 42.6 Å². The molecule has 5 nitrogen and oxygen atoms in total. The molecule has 1 aromatic carbocycles. The molecule has 0 saturated heterocycles. The molecular formula is C14H11FN2O3. The second kappa shape index (κ2) is 5.92. The maximum atomic E-state index is 13.4. The number of pyridine rings is 1. The van der Waals surface area contributed by atoms with Crippen molar-refractivity contribution in [2.75, 3.05) is 0 Å².